The van der Waals surface area contributed by atoms with Gasteiger partial charge in [-0.05, 0) is 19.4 Å². The summed E-state index contributed by atoms with van der Waals surface area (Å²) in [6, 6.07) is 0.750. The van der Waals surface area contributed by atoms with Crippen LogP contribution in [0.25, 0.3) is 0 Å². The third kappa shape index (κ3) is 7.96. The van der Waals surface area contributed by atoms with Crippen LogP contribution in [0.4, 0.5) is 0 Å². The summed E-state index contributed by atoms with van der Waals surface area (Å²) in [5.41, 5.74) is 0. The molecule has 0 amide bonds. The van der Waals surface area contributed by atoms with Crippen molar-refractivity contribution < 1.29 is 0 Å². The van der Waals surface area contributed by atoms with E-state index in [0.717, 1.165) is 12.6 Å². The number of rotatable bonds is 4. The molecule has 0 fully saturated rings. The molecule has 0 atom stereocenters. The van der Waals surface area contributed by atoms with Gasteiger partial charge in [-0.2, -0.15) is 0 Å². The number of hydrogen-bond donors (Lipinski definition) is 1. The summed E-state index contributed by atoms with van der Waals surface area (Å²) in [7, 11) is 0. The van der Waals surface area contributed by atoms with Gasteiger partial charge in [0, 0.05) is 6.04 Å². The Balaban J connectivity index is 0. The average molecular weight is 145 g/mol. The minimum atomic E-state index is 0.750. The molecule has 10 heavy (non-hydrogen) atoms. The molecule has 0 radical (unpaired) electrons. The molecule has 0 aromatic heterocycles. The van der Waals surface area contributed by atoms with Gasteiger partial charge in [-0.1, -0.05) is 34.6 Å². The highest BCUT2D eigenvalue weighted by Gasteiger charge is 1.96. The van der Waals surface area contributed by atoms with Gasteiger partial charge in [-0.15, -0.1) is 0 Å². The van der Waals surface area contributed by atoms with Crippen molar-refractivity contribution in [2.45, 2.75) is 53.5 Å². The van der Waals surface area contributed by atoms with Gasteiger partial charge in [0.15, 0.2) is 0 Å². The van der Waals surface area contributed by atoms with Crippen molar-refractivity contribution in [2.24, 2.45) is 0 Å². The number of nitrogens with one attached hydrogen (secondary N) is 1. The van der Waals surface area contributed by atoms with E-state index >= 15 is 0 Å². The van der Waals surface area contributed by atoms with E-state index in [1.807, 2.05) is 13.8 Å². The van der Waals surface area contributed by atoms with E-state index in [0.29, 0.717) is 0 Å². The van der Waals surface area contributed by atoms with Crippen molar-refractivity contribution in [3.63, 3.8) is 0 Å². The highest BCUT2D eigenvalue weighted by atomic mass is 14.9. The lowest BCUT2D eigenvalue weighted by molar-refractivity contribution is 0.499. The van der Waals surface area contributed by atoms with Gasteiger partial charge in [-0.3, -0.25) is 0 Å². The van der Waals surface area contributed by atoms with Gasteiger partial charge in [0.2, 0.25) is 0 Å². The van der Waals surface area contributed by atoms with Crippen LogP contribution in [0.15, 0.2) is 0 Å². The fourth-order valence-corrected chi connectivity index (χ4v) is 0.866. The second-order valence-corrected chi connectivity index (χ2v) is 2.07. The summed E-state index contributed by atoms with van der Waals surface area (Å²) in [6.45, 7) is 11.7. The van der Waals surface area contributed by atoms with E-state index in [-0.39, 0.29) is 0 Å². The summed E-state index contributed by atoms with van der Waals surface area (Å²) in [6.07, 6.45) is 2.51. The first kappa shape index (κ1) is 12.6. The molecular weight excluding hydrogens is 122 g/mol. The van der Waals surface area contributed by atoms with Crippen LogP contribution in [0.1, 0.15) is 47.5 Å². The predicted molar refractivity (Wildman–Crippen MR) is 49.4 cm³/mol. The SMILES string of the molecule is CC.CCNC(CC)CC. The van der Waals surface area contributed by atoms with Gasteiger partial charge in [0.05, 0.1) is 0 Å². The maximum absolute atomic E-state index is 3.38. The van der Waals surface area contributed by atoms with E-state index in [2.05, 4.69) is 26.1 Å². The molecule has 0 aromatic rings. The third-order valence-electron chi connectivity index (χ3n) is 1.48. The minimum absolute atomic E-state index is 0.750. The quantitative estimate of drug-likeness (QED) is 0.641. The second kappa shape index (κ2) is 11.7. The standard InChI is InChI=1S/C7H17N.C2H6/c1-4-7(5-2)8-6-3;1-2/h7-8H,4-6H2,1-3H3;1-2H3. The molecule has 0 spiro atoms. The third-order valence-corrected chi connectivity index (χ3v) is 1.48. The molecule has 64 valence electrons. The Hall–Kier alpha value is -0.0400. The van der Waals surface area contributed by atoms with Crippen LogP contribution in [0.2, 0.25) is 0 Å². The topological polar surface area (TPSA) is 12.0 Å². The Morgan fingerprint density at radius 3 is 1.50 bits per heavy atom. The summed E-state index contributed by atoms with van der Waals surface area (Å²) >= 11 is 0. The molecule has 0 saturated carbocycles. The summed E-state index contributed by atoms with van der Waals surface area (Å²) in [5, 5.41) is 3.38. The van der Waals surface area contributed by atoms with Gasteiger partial charge in [0.25, 0.3) is 0 Å². The van der Waals surface area contributed by atoms with Crippen molar-refractivity contribution in [1.29, 1.82) is 0 Å². The molecular formula is C9H23N. The van der Waals surface area contributed by atoms with E-state index in [9.17, 15) is 0 Å². The summed E-state index contributed by atoms with van der Waals surface area (Å²) in [5.74, 6) is 0. The van der Waals surface area contributed by atoms with Crippen molar-refractivity contribution >= 4 is 0 Å². The highest BCUT2D eigenvalue weighted by Crippen LogP contribution is 1.93. The molecule has 0 aliphatic carbocycles. The molecule has 0 aliphatic rings. The fourth-order valence-electron chi connectivity index (χ4n) is 0.866. The van der Waals surface area contributed by atoms with Crippen LogP contribution >= 0.6 is 0 Å². The summed E-state index contributed by atoms with van der Waals surface area (Å²) < 4.78 is 0. The highest BCUT2D eigenvalue weighted by molar-refractivity contribution is 4.59. The smallest absolute Gasteiger partial charge is 0.00616 e. The Labute approximate surface area is 66.2 Å². The van der Waals surface area contributed by atoms with Crippen molar-refractivity contribution in [3.05, 3.63) is 0 Å². The first-order valence-electron chi connectivity index (χ1n) is 4.58. The van der Waals surface area contributed by atoms with E-state index in [1.165, 1.54) is 12.8 Å². The molecule has 1 N–H and O–H groups in total. The van der Waals surface area contributed by atoms with Crippen LogP contribution in [-0.4, -0.2) is 12.6 Å². The monoisotopic (exact) mass is 145 g/mol. The Bertz CT molecular complexity index is 40.0. The first-order valence-corrected chi connectivity index (χ1v) is 4.58. The van der Waals surface area contributed by atoms with Gasteiger partial charge in [-0.25, -0.2) is 0 Å². The zero-order chi connectivity index (χ0) is 8.41. The molecule has 0 bridgehead atoms. The molecule has 0 rings (SSSR count). The van der Waals surface area contributed by atoms with Crippen LogP contribution < -0.4 is 5.32 Å². The van der Waals surface area contributed by atoms with Gasteiger partial charge < -0.3 is 5.32 Å². The lowest BCUT2D eigenvalue weighted by atomic mass is 10.2. The lowest BCUT2D eigenvalue weighted by Crippen LogP contribution is -2.26. The maximum Gasteiger partial charge on any atom is 0.00616 e. The predicted octanol–water partition coefficient (Wildman–Crippen LogP) is 2.81. The van der Waals surface area contributed by atoms with Crippen molar-refractivity contribution in [3.8, 4) is 0 Å². The molecule has 0 saturated heterocycles. The largest absolute Gasteiger partial charge is 0.314 e. The zero-order valence-electron chi connectivity index (χ0n) is 8.20. The van der Waals surface area contributed by atoms with E-state index in [1.54, 1.807) is 0 Å². The van der Waals surface area contributed by atoms with E-state index in [4.69, 9.17) is 0 Å². The first-order chi connectivity index (χ1) is 4.85. The molecule has 0 heterocycles. The molecule has 0 aromatic carbocycles. The normalized spacial score (nSPS) is 9.00. The van der Waals surface area contributed by atoms with Gasteiger partial charge >= 0.3 is 0 Å². The Morgan fingerprint density at radius 1 is 1.00 bits per heavy atom. The minimum Gasteiger partial charge on any atom is -0.314 e. The molecule has 1 heteroatoms. The van der Waals surface area contributed by atoms with Gasteiger partial charge in [0.1, 0.15) is 0 Å². The van der Waals surface area contributed by atoms with Crippen molar-refractivity contribution in [2.75, 3.05) is 6.54 Å². The molecule has 0 aliphatic heterocycles. The average Bonchev–Trinajstić information content (AvgIpc) is 2.04. The molecule has 1 nitrogen and oxygen atoms in total. The lowest BCUT2D eigenvalue weighted by Gasteiger charge is -2.11. The number of hydrogen-bond acceptors (Lipinski definition) is 1. The van der Waals surface area contributed by atoms with Crippen LogP contribution in [0.3, 0.4) is 0 Å². The fraction of sp³-hybridized carbons (Fsp3) is 1.00. The van der Waals surface area contributed by atoms with Crippen LogP contribution in [0.5, 0.6) is 0 Å². The van der Waals surface area contributed by atoms with Crippen LogP contribution in [-0.2, 0) is 0 Å². The maximum atomic E-state index is 3.38. The Morgan fingerprint density at radius 2 is 1.40 bits per heavy atom. The van der Waals surface area contributed by atoms with Crippen molar-refractivity contribution in [1.82, 2.24) is 5.32 Å². The molecule has 0 unspecified atom stereocenters. The second-order valence-electron chi connectivity index (χ2n) is 2.07. The Kier molecular flexibility index (Phi) is 14.8. The zero-order valence-corrected chi connectivity index (χ0v) is 8.20. The van der Waals surface area contributed by atoms with Crippen LogP contribution in [0, 0.1) is 0 Å². The van der Waals surface area contributed by atoms with E-state index < -0.39 is 0 Å². The summed E-state index contributed by atoms with van der Waals surface area (Å²) in [4.78, 5) is 0.